The summed E-state index contributed by atoms with van der Waals surface area (Å²) in [5.41, 5.74) is 6.67. The van der Waals surface area contributed by atoms with E-state index in [2.05, 4.69) is 30.5 Å². The van der Waals surface area contributed by atoms with Gasteiger partial charge in [0.05, 0.1) is 40.3 Å². The number of hydrogen-bond donors (Lipinski definition) is 3. The van der Waals surface area contributed by atoms with Crippen molar-refractivity contribution in [3.63, 3.8) is 0 Å². The molecule has 1 fully saturated rings. The van der Waals surface area contributed by atoms with Crippen molar-refractivity contribution in [1.82, 2.24) is 30.1 Å². The number of nitrogens with one attached hydrogen (secondary N) is 3. The number of aromatic amines is 2. The third kappa shape index (κ3) is 3.90. The summed E-state index contributed by atoms with van der Waals surface area (Å²) in [5.74, 6) is 0.430. The number of imidazole rings is 1. The second kappa shape index (κ2) is 8.34. The van der Waals surface area contributed by atoms with Crippen LogP contribution in [-0.2, 0) is 4.79 Å². The smallest absolute Gasteiger partial charge is 0.227 e. The van der Waals surface area contributed by atoms with E-state index in [1.165, 1.54) is 12.1 Å². The van der Waals surface area contributed by atoms with E-state index in [1.807, 2.05) is 36.4 Å². The first-order valence-electron chi connectivity index (χ1n) is 12.0. The van der Waals surface area contributed by atoms with Gasteiger partial charge in [-0.1, -0.05) is 24.3 Å². The summed E-state index contributed by atoms with van der Waals surface area (Å²) in [4.78, 5) is 29.2. The Kier molecular flexibility index (Phi) is 4.81. The monoisotopic (exact) mass is 489 g/mol. The van der Waals surface area contributed by atoms with Gasteiger partial charge in [-0.3, -0.25) is 19.9 Å². The topological polar surface area (TPSA) is 112 Å². The van der Waals surface area contributed by atoms with Crippen LogP contribution in [0.4, 0.5) is 10.1 Å². The van der Waals surface area contributed by atoms with Crippen molar-refractivity contribution >= 4 is 33.5 Å². The summed E-state index contributed by atoms with van der Waals surface area (Å²) in [6, 6.07) is 16.0. The first kappa shape index (κ1) is 21.4. The molecule has 0 spiro atoms. The maximum absolute atomic E-state index is 13.9. The molecule has 9 heteroatoms. The molecule has 0 unspecified atom stereocenters. The van der Waals surface area contributed by atoms with Crippen LogP contribution in [0.15, 0.2) is 73.2 Å². The van der Waals surface area contributed by atoms with Crippen LogP contribution in [0.1, 0.15) is 12.8 Å². The number of carbonyl (C=O) groups excluding carboxylic acids is 1. The molecule has 1 amide bonds. The van der Waals surface area contributed by atoms with Gasteiger partial charge in [0.15, 0.2) is 5.82 Å². The molecule has 8 nitrogen and oxygen atoms in total. The molecular formula is C28H20FN7O. The van der Waals surface area contributed by atoms with Gasteiger partial charge in [0.2, 0.25) is 5.91 Å². The zero-order valence-electron chi connectivity index (χ0n) is 19.5. The van der Waals surface area contributed by atoms with Crippen LogP contribution >= 0.6 is 0 Å². The van der Waals surface area contributed by atoms with Crippen molar-refractivity contribution in [2.75, 3.05) is 5.32 Å². The molecule has 1 aliphatic carbocycles. The van der Waals surface area contributed by atoms with E-state index in [-0.39, 0.29) is 17.6 Å². The summed E-state index contributed by atoms with van der Waals surface area (Å²) in [6.45, 7) is 0. The number of amides is 1. The molecule has 6 aromatic rings. The number of nitrogens with zero attached hydrogens (tertiary/aromatic N) is 4. The Hall–Kier alpha value is -4.92. The highest BCUT2D eigenvalue weighted by molar-refractivity contribution is 5.98. The third-order valence-electron chi connectivity index (χ3n) is 6.57. The molecule has 0 saturated heterocycles. The second-order valence-electron chi connectivity index (χ2n) is 9.21. The van der Waals surface area contributed by atoms with Crippen LogP contribution in [0, 0.1) is 11.7 Å². The van der Waals surface area contributed by atoms with E-state index in [4.69, 9.17) is 4.98 Å². The van der Waals surface area contributed by atoms with E-state index >= 15 is 0 Å². The Labute approximate surface area is 210 Å². The van der Waals surface area contributed by atoms with Crippen molar-refractivity contribution < 1.29 is 9.18 Å². The number of H-pyrrole nitrogens is 2. The normalized spacial score (nSPS) is 13.3. The van der Waals surface area contributed by atoms with Crippen LogP contribution < -0.4 is 5.32 Å². The molecule has 0 aliphatic heterocycles. The van der Waals surface area contributed by atoms with E-state index in [9.17, 15) is 9.18 Å². The minimum absolute atomic E-state index is 0.0296. The number of halogens is 1. The van der Waals surface area contributed by atoms with Gasteiger partial charge in [-0.15, -0.1) is 0 Å². The van der Waals surface area contributed by atoms with Crippen LogP contribution in [0.25, 0.3) is 55.8 Å². The summed E-state index contributed by atoms with van der Waals surface area (Å²) < 4.78 is 13.9. The molecule has 4 aromatic heterocycles. The number of rotatable bonds is 5. The van der Waals surface area contributed by atoms with E-state index in [0.717, 1.165) is 51.5 Å². The predicted molar refractivity (Wildman–Crippen MR) is 139 cm³/mol. The third-order valence-corrected chi connectivity index (χ3v) is 6.57. The molecule has 37 heavy (non-hydrogen) atoms. The van der Waals surface area contributed by atoms with Crippen molar-refractivity contribution in [3.8, 4) is 33.9 Å². The first-order chi connectivity index (χ1) is 18.1. The fraction of sp³-hybridized carbons (Fsp3) is 0.107. The molecule has 3 N–H and O–H groups in total. The Morgan fingerprint density at radius 1 is 0.973 bits per heavy atom. The fourth-order valence-corrected chi connectivity index (χ4v) is 4.53. The largest absolute Gasteiger partial charge is 0.337 e. The zero-order chi connectivity index (χ0) is 24.9. The second-order valence-corrected chi connectivity index (χ2v) is 9.21. The predicted octanol–water partition coefficient (Wildman–Crippen LogP) is 5.72. The molecule has 180 valence electrons. The maximum Gasteiger partial charge on any atom is 0.227 e. The van der Waals surface area contributed by atoms with Gasteiger partial charge >= 0.3 is 0 Å². The highest BCUT2D eigenvalue weighted by Crippen LogP contribution is 2.33. The summed E-state index contributed by atoms with van der Waals surface area (Å²) in [7, 11) is 0. The number of benzene rings is 2. The number of fused-ring (bicyclic) bond motifs is 2. The van der Waals surface area contributed by atoms with Gasteiger partial charge in [0.25, 0.3) is 0 Å². The lowest BCUT2D eigenvalue weighted by Gasteiger charge is -2.06. The van der Waals surface area contributed by atoms with Crippen LogP contribution in [0.3, 0.4) is 0 Å². The van der Waals surface area contributed by atoms with Gasteiger partial charge < -0.3 is 10.3 Å². The highest BCUT2D eigenvalue weighted by atomic mass is 19.1. The summed E-state index contributed by atoms with van der Waals surface area (Å²) in [6.07, 6.45) is 6.94. The van der Waals surface area contributed by atoms with E-state index in [0.29, 0.717) is 22.9 Å². The Balaban J connectivity index is 1.28. The van der Waals surface area contributed by atoms with E-state index < -0.39 is 0 Å². The lowest BCUT2D eigenvalue weighted by Crippen LogP contribution is -2.13. The molecule has 0 bridgehead atoms. The van der Waals surface area contributed by atoms with Crippen molar-refractivity contribution in [2.45, 2.75) is 12.8 Å². The molecule has 1 saturated carbocycles. The minimum Gasteiger partial charge on any atom is -0.337 e. The van der Waals surface area contributed by atoms with Crippen molar-refractivity contribution in [1.29, 1.82) is 0 Å². The molecule has 0 radical (unpaired) electrons. The number of anilines is 1. The minimum atomic E-state index is -0.297. The number of carbonyl (C=O) groups is 1. The quantitative estimate of drug-likeness (QED) is 0.287. The summed E-state index contributed by atoms with van der Waals surface area (Å²) in [5, 5.41) is 11.3. The average molecular weight is 490 g/mol. The van der Waals surface area contributed by atoms with Crippen LogP contribution in [-0.4, -0.2) is 36.0 Å². The molecule has 4 heterocycles. The number of aromatic nitrogens is 6. The number of hydrogen-bond acceptors (Lipinski definition) is 5. The SMILES string of the molecule is O=C(Nc1cncc(-c2cc3c(-c4nc5c(-c6cccc(F)c6)cccc5[nH]4)n[nH]c3cn2)c1)C1CC1. The Morgan fingerprint density at radius 3 is 2.73 bits per heavy atom. The zero-order valence-corrected chi connectivity index (χ0v) is 19.5. The molecule has 2 aromatic carbocycles. The van der Waals surface area contributed by atoms with Gasteiger partial charge in [-0.2, -0.15) is 5.10 Å². The van der Waals surface area contributed by atoms with Crippen LogP contribution in [0.5, 0.6) is 0 Å². The van der Waals surface area contributed by atoms with Gasteiger partial charge in [0, 0.05) is 28.6 Å². The number of pyridine rings is 2. The summed E-state index contributed by atoms with van der Waals surface area (Å²) >= 11 is 0. The van der Waals surface area contributed by atoms with Gasteiger partial charge in [-0.25, -0.2) is 9.37 Å². The molecule has 0 atom stereocenters. The lowest BCUT2D eigenvalue weighted by molar-refractivity contribution is -0.117. The molecular weight excluding hydrogens is 469 g/mol. The Bertz CT molecular complexity index is 1820. The fourth-order valence-electron chi connectivity index (χ4n) is 4.53. The number of para-hydroxylation sites is 1. The van der Waals surface area contributed by atoms with Gasteiger partial charge in [-0.05, 0) is 48.7 Å². The highest BCUT2D eigenvalue weighted by Gasteiger charge is 2.29. The van der Waals surface area contributed by atoms with Crippen LogP contribution in [0.2, 0.25) is 0 Å². The molecule has 7 rings (SSSR count). The van der Waals surface area contributed by atoms with Crippen molar-refractivity contribution in [3.05, 3.63) is 79.0 Å². The average Bonchev–Trinajstić information content (AvgIpc) is 3.55. The molecule has 1 aliphatic rings. The maximum atomic E-state index is 13.9. The lowest BCUT2D eigenvalue weighted by atomic mass is 10.0. The first-order valence-corrected chi connectivity index (χ1v) is 12.0. The Morgan fingerprint density at radius 2 is 1.86 bits per heavy atom. The van der Waals surface area contributed by atoms with Gasteiger partial charge in [0.1, 0.15) is 11.5 Å². The van der Waals surface area contributed by atoms with E-state index in [1.54, 1.807) is 24.7 Å². The van der Waals surface area contributed by atoms with Crippen molar-refractivity contribution in [2.24, 2.45) is 5.92 Å². The standard InChI is InChI=1S/C28H20FN7O/c29-18-4-1-3-16(9-18)20-5-2-6-22-25(20)34-27(33-22)26-21-11-23(31-14-24(21)35-36-26)17-10-19(13-30-12-17)32-28(37)15-7-8-15/h1-6,9-15H,7-8H2,(H,32,37)(H,33,34)(H,35,36).